The minimum Gasteiger partial charge on any atom is -0.333 e. The molecule has 0 fully saturated rings. The molecule has 0 amide bonds. The summed E-state index contributed by atoms with van der Waals surface area (Å²) in [6, 6.07) is 5.28. The third-order valence-electron chi connectivity index (χ3n) is 2.29. The number of rotatable bonds is 3. The predicted octanol–water partition coefficient (Wildman–Crippen LogP) is 1.53. The molecule has 0 saturated carbocycles. The topological polar surface area (TPSA) is 43.8 Å². The molecule has 0 aliphatic rings. The first kappa shape index (κ1) is 9.86. The van der Waals surface area contributed by atoms with Gasteiger partial charge in [-0.25, -0.2) is 9.37 Å². The van der Waals surface area contributed by atoms with Crippen molar-refractivity contribution in [3.8, 4) is 0 Å². The van der Waals surface area contributed by atoms with Crippen molar-refractivity contribution < 1.29 is 4.39 Å². The summed E-state index contributed by atoms with van der Waals surface area (Å²) in [7, 11) is 0. The third kappa shape index (κ3) is 2.05. The Morgan fingerprint density at radius 3 is 2.80 bits per heavy atom. The lowest BCUT2D eigenvalue weighted by molar-refractivity contribution is 0.584. The zero-order valence-corrected chi connectivity index (χ0v) is 8.23. The average molecular weight is 205 g/mol. The third-order valence-corrected chi connectivity index (χ3v) is 2.29. The lowest BCUT2D eigenvalue weighted by atomic mass is 10.1. The molecule has 4 heteroatoms. The van der Waals surface area contributed by atoms with Crippen LogP contribution in [0.15, 0.2) is 36.9 Å². The van der Waals surface area contributed by atoms with E-state index in [2.05, 4.69) is 4.98 Å². The molecule has 0 aliphatic carbocycles. The van der Waals surface area contributed by atoms with Gasteiger partial charge >= 0.3 is 0 Å². The molecule has 2 rings (SSSR count). The van der Waals surface area contributed by atoms with Crippen molar-refractivity contribution in [2.24, 2.45) is 5.73 Å². The van der Waals surface area contributed by atoms with Crippen LogP contribution in [-0.2, 0) is 13.1 Å². The maximum absolute atomic E-state index is 13.8. The van der Waals surface area contributed by atoms with Gasteiger partial charge < -0.3 is 10.3 Å². The van der Waals surface area contributed by atoms with E-state index >= 15 is 0 Å². The van der Waals surface area contributed by atoms with Crippen molar-refractivity contribution in [2.45, 2.75) is 13.1 Å². The molecule has 1 aromatic carbocycles. The highest BCUT2D eigenvalue weighted by Gasteiger charge is 2.06. The van der Waals surface area contributed by atoms with Gasteiger partial charge in [0.2, 0.25) is 0 Å². The van der Waals surface area contributed by atoms with Crippen LogP contribution in [-0.4, -0.2) is 9.55 Å². The van der Waals surface area contributed by atoms with E-state index in [1.165, 1.54) is 0 Å². The lowest BCUT2D eigenvalue weighted by Crippen LogP contribution is -2.05. The highest BCUT2D eigenvalue weighted by atomic mass is 19.1. The van der Waals surface area contributed by atoms with Gasteiger partial charge in [0.1, 0.15) is 5.82 Å². The van der Waals surface area contributed by atoms with Crippen molar-refractivity contribution in [2.75, 3.05) is 0 Å². The Morgan fingerprint density at radius 2 is 2.13 bits per heavy atom. The van der Waals surface area contributed by atoms with Gasteiger partial charge in [0.25, 0.3) is 0 Å². The number of benzene rings is 1. The van der Waals surface area contributed by atoms with Crippen molar-refractivity contribution in [3.63, 3.8) is 0 Å². The summed E-state index contributed by atoms with van der Waals surface area (Å²) in [6.45, 7) is 0.712. The smallest absolute Gasteiger partial charge is 0.132 e. The molecule has 0 bridgehead atoms. The molecule has 0 spiro atoms. The second-order valence-corrected chi connectivity index (χ2v) is 3.33. The van der Waals surface area contributed by atoms with E-state index in [4.69, 9.17) is 5.73 Å². The molecule has 0 radical (unpaired) electrons. The van der Waals surface area contributed by atoms with Crippen molar-refractivity contribution in [1.82, 2.24) is 9.55 Å². The number of nitrogens with zero attached hydrogens (tertiary/aromatic N) is 2. The van der Waals surface area contributed by atoms with E-state index in [1.807, 2.05) is 10.6 Å². The van der Waals surface area contributed by atoms with Gasteiger partial charge in [0.05, 0.1) is 12.9 Å². The zero-order chi connectivity index (χ0) is 10.7. The molecule has 0 aliphatic heterocycles. The number of nitrogens with two attached hydrogens (primary N) is 1. The average Bonchev–Trinajstić information content (AvgIpc) is 2.74. The molecular weight excluding hydrogens is 193 g/mol. The standard InChI is InChI=1S/C11H12FN3/c12-11-9(6-13)2-1-3-10(11)7-15-5-4-14-8-15/h1-5,8H,6-7,13H2. The Kier molecular flexibility index (Phi) is 2.78. The summed E-state index contributed by atoms with van der Waals surface area (Å²) in [5.41, 5.74) is 6.62. The predicted molar refractivity (Wildman–Crippen MR) is 55.6 cm³/mol. The van der Waals surface area contributed by atoms with Gasteiger partial charge in [-0.3, -0.25) is 0 Å². The molecule has 0 atom stereocenters. The quantitative estimate of drug-likeness (QED) is 0.825. The SMILES string of the molecule is NCc1cccc(Cn2ccnc2)c1F. The molecule has 1 heterocycles. The fraction of sp³-hybridized carbons (Fsp3) is 0.182. The highest BCUT2D eigenvalue weighted by Crippen LogP contribution is 2.13. The van der Waals surface area contributed by atoms with Crippen LogP contribution in [0.3, 0.4) is 0 Å². The molecule has 1 aromatic heterocycles. The Balaban J connectivity index is 2.29. The lowest BCUT2D eigenvalue weighted by Gasteiger charge is -2.07. The molecule has 78 valence electrons. The summed E-state index contributed by atoms with van der Waals surface area (Å²) < 4.78 is 15.6. The Bertz CT molecular complexity index is 437. The summed E-state index contributed by atoms with van der Waals surface area (Å²) in [5, 5.41) is 0. The van der Waals surface area contributed by atoms with Crippen LogP contribution in [0.5, 0.6) is 0 Å². The Morgan fingerprint density at radius 1 is 1.33 bits per heavy atom. The van der Waals surface area contributed by atoms with Gasteiger partial charge in [0, 0.05) is 30.1 Å². The summed E-state index contributed by atoms with van der Waals surface area (Å²) >= 11 is 0. The van der Waals surface area contributed by atoms with Crippen molar-refractivity contribution in [3.05, 3.63) is 53.9 Å². The van der Waals surface area contributed by atoms with Crippen LogP contribution in [0.4, 0.5) is 4.39 Å². The molecule has 0 saturated heterocycles. The maximum atomic E-state index is 13.8. The first-order valence-corrected chi connectivity index (χ1v) is 4.73. The summed E-state index contributed by atoms with van der Waals surface area (Å²) in [5.74, 6) is -0.214. The van der Waals surface area contributed by atoms with E-state index in [9.17, 15) is 4.39 Å². The second-order valence-electron chi connectivity index (χ2n) is 3.33. The number of aromatic nitrogens is 2. The van der Waals surface area contributed by atoms with Crippen LogP contribution in [0.2, 0.25) is 0 Å². The molecule has 2 N–H and O–H groups in total. The van der Waals surface area contributed by atoms with Crippen molar-refractivity contribution in [1.29, 1.82) is 0 Å². The first-order valence-electron chi connectivity index (χ1n) is 4.73. The maximum Gasteiger partial charge on any atom is 0.132 e. The molecule has 0 unspecified atom stereocenters. The normalized spacial score (nSPS) is 10.5. The summed E-state index contributed by atoms with van der Waals surface area (Å²) in [6.07, 6.45) is 5.13. The Hall–Kier alpha value is -1.68. The van der Waals surface area contributed by atoms with Crippen LogP contribution in [0.1, 0.15) is 11.1 Å². The minimum atomic E-state index is -0.214. The number of hydrogen-bond acceptors (Lipinski definition) is 2. The van der Waals surface area contributed by atoms with Gasteiger partial charge in [0.15, 0.2) is 0 Å². The van der Waals surface area contributed by atoms with E-state index in [0.29, 0.717) is 17.7 Å². The minimum absolute atomic E-state index is 0.214. The second kappa shape index (κ2) is 4.23. The Labute approximate surface area is 87.4 Å². The van der Waals surface area contributed by atoms with Gasteiger partial charge in [-0.05, 0) is 0 Å². The number of hydrogen-bond donors (Lipinski definition) is 1. The zero-order valence-electron chi connectivity index (χ0n) is 8.23. The first-order chi connectivity index (χ1) is 7.31. The van der Waals surface area contributed by atoms with Gasteiger partial charge in [-0.1, -0.05) is 18.2 Å². The molecule has 2 aromatic rings. The monoisotopic (exact) mass is 205 g/mol. The van der Waals surface area contributed by atoms with Gasteiger partial charge in [-0.15, -0.1) is 0 Å². The fourth-order valence-electron chi connectivity index (χ4n) is 1.49. The summed E-state index contributed by atoms with van der Waals surface area (Å²) in [4.78, 5) is 3.91. The van der Waals surface area contributed by atoms with Gasteiger partial charge in [-0.2, -0.15) is 0 Å². The van der Waals surface area contributed by atoms with Crippen LogP contribution < -0.4 is 5.73 Å². The van der Waals surface area contributed by atoms with E-state index < -0.39 is 0 Å². The van der Waals surface area contributed by atoms with E-state index in [1.54, 1.807) is 30.9 Å². The van der Waals surface area contributed by atoms with E-state index in [-0.39, 0.29) is 12.4 Å². The molecule has 15 heavy (non-hydrogen) atoms. The largest absolute Gasteiger partial charge is 0.333 e. The molecule has 3 nitrogen and oxygen atoms in total. The van der Waals surface area contributed by atoms with Crippen molar-refractivity contribution >= 4 is 0 Å². The molecular formula is C11H12FN3. The van der Waals surface area contributed by atoms with Crippen LogP contribution in [0, 0.1) is 5.82 Å². The number of halogens is 1. The highest BCUT2D eigenvalue weighted by molar-refractivity contribution is 5.26. The van der Waals surface area contributed by atoms with E-state index in [0.717, 1.165) is 0 Å². The number of imidazole rings is 1. The fourth-order valence-corrected chi connectivity index (χ4v) is 1.49. The van der Waals surface area contributed by atoms with Crippen LogP contribution in [0.25, 0.3) is 0 Å². The van der Waals surface area contributed by atoms with Crippen LogP contribution >= 0.6 is 0 Å².